The van der Waals surface area contributed by atoms with Gasteiger partial charge in [-0.25, -0.2) is 0 Å². The monoisotopic (exact) mass is 523 g/mol. The number of hydrogen-bond donors (Lipinski definition) is 1. The van der Waals surface area contributed by atoms with Gasteiger partial charge in [-0.15, -0.1) is 0 Å². The Balaban J connectivity index is 1.64. The van der Waals surface area contributed by atoms with Crippen molar-refractivity contribution in [3.63, 3.8) is 0 Å². The highest BCUT2D eigenvalue weighted by molar-refractivity contribution is 5.98. The van der Waals surface area contributed by atoms with Crippen LogP contribution in [-0.4, -0.2) is 17.6 Å². The molecule has 8 heteroatoms. The van der Waals surface area contributed by atoms with Crippen LogP contribution in [0.15, 0.2) is 97.1 Å². The van der Waals surface area contributed by atoms with Gasteiger partial charge in [-0.2, -0.15) is 0 Å². The van der Waals surface area contributed by atoms with Gasteiger partial charge in [0.15, 0.2) is 11.5 Å². The minimum atomic E-state index is -1.06. The molecule has 0 saturated heterocycles. The largest absolute Gasteiger partial charge is 0.454 e. The quantitative estimate of drug-likeness (QED) is 0.191. The van der Waals surface area contributed by atoms with Crippen molar-refractivity contribution in [2.75, 3.05) is 17.0 Å². The van der Waals surface area contributed by atoms with E-state index < -0.39 is 16.9 Å². The molecule has 4 aromatic carbocycles. The van der Waals surface area contributed by atoms with E-state index >= 15 is 0 Å². The summed E-state index contributed by atoms with van der Waals surface area (Å²) < 4.78 is 11.0. The van der Waals surface area contributed by atoms with E-state index in [1.807, 2.05) is 89.8 Å². The molecule has 8 nitrogen and oxygen atoms in total. The van der Waals surface area contributed by atoms with Crippen LogP contribution < -0.4 is 19.7 Å². The molecule has 0 aromatic heterocycles. The summed E-state index contributed by atoms with van der Waals surface area (Å²) in [6, 6.07) is 28.6. The van der Waals surface area contributed by atoms with Crippen molar-refractivity contribution in [2.24, 2.45) is 0 Å². The van der Waals surface area contributed by atoms with Crippen LogP contribution in [0, 0.1) is 10.1 Å². The second-order valence-corrected chi connectivity index (χ2v) is 9.64. The van der Waals surface area contributed by atoms with Gasteiger partial charge in [-0.1, -0.05) is 74.5 Å². The van der Waals surface area contributed by atoms with Crippen LogP contribution in [0.3, 0.4) is 0 Å². The van der Waals surface area contributed by atoms with Gasteiger partial charge in [0.2, 0.25) is 6.79 Å². The first kappa shape index (κ1) is 25.8. The van der Waals surface area contributed by atoms with Gasteiger partial charge in [0.25, 0.3) is 11.6 Å². The number of hydrogen-bond acceptors (Lipinski definition) is 6. The van der Waals surface area contributed by atoms with E-state index in [0.29, 0.717) is 23.9 Å². The number of nitro groups is 1. The maximum absolute atomic E-state index is 14.2. The lowest BCUT2D eigenvalue weighted by molar-refractivity contribution is -0.385. The Kier molecular flexibility index (Phi) is 7.45. The van der Waals surface area contributed by atoms with Crippen LogP contribution in [0.5, 0.6) is 11.5 Å². The summed E-state index contributed by atoms with van der Waals surface area (Å²) in [6.07, 6.45) is 0. The summed E-state index contributed by atoms with van der Waals surface area (Å²) in [4.78, 5) is 27.8. The topological polar surface area (TPSA) is 93.9 Å². The van der Waals surface area contributed by atoms with Crippen molar-refractivity contribution >= 4 is 23.0 Å². The van der Waals surface area contributed by atoms with Crippen LogP contribution >= 0.6 is 0 Å². The molecular weight excluding hydrogens is 494 g/mol. The van der Waals surface area contributed by atoms with Crippen molar-refractivity contribution < 1.29 is 19.2 Å². The zero-order valence-corrected chi connectivity index (χ0v) is 21.7. The Bertz CT molecular complexity index is 1460. The third kappa shape index (κ3) is 5.70. The molecule has 1 amide bonds. The average Bonchev–Trinajstić information content (AvgIpc) is 3.41. The summed E-state index contributed by atoms with van der Waals surface area (Å²) >= 11 is 0. The number of ether oxygens (including phenoxy) is 2. The number of benzene rings is 4. The average molecular weight is 524 g/mol. The molecular formula is C31H29N3O5. The molecule has 0 fully saturated rings. The first-order valence-corrected chi connectivity index (χ1v) is 12.7. The molecule has 198 valence electrons. The lowest BCUT2D eigenvalue weighted by Gasteiger charge is -2.33. The normalized spacial score (nSPS) is 12.7. The third-order valence-electron chi connectivity index (χ3n) is 6.70. The zero-order valence-electron chi connectivity index (χ0n) is 21.7. The molecule has 1 N–H and O–H groups in total. The highest BCUT2D eigenvalue weighted by Gasteiger charge is 2.36. The molecule has 4 aromatic rings. The smallest absolute Gasteiger partial charge is 0.279 e. The molecule has 0 aliphatic carbocycles. The first-order chi connectivity index (χ1) is 18.9. The van der Waals surface area contributed by atoms with Gasteiger partial charge in [0.1, 0.15) is 6.04 Å². The SMILES string of the molecule is CC(C)c1ccc(NC(=O)C(c2cc3c(cc2[N+](=O)[O-])OCO3)N(Cc2ccccc2)c2ccccc2)cc1. The third-order valence-corrected chi connectivity index (χ3v) is 6.70. The summed E-state index contributed by atoms with van der Waals surface area (Å²) in [5.74, 6) is 0.581. The minimum absolute atomic E-state index is 0.0403. The number of anilines is 2. The van der Waals surface area contributed by atoms with Gasteiger partial charge in [0, 0.05) is 17.9 Å². The van der Waals surface area contributed by atoms with E-state index in [9.17, 15) is 14.9 Å². The summed E-state index contributed by atoms with van der Waals surface area (Å²) in [5.41, 5.74) is 3.42. The number of nitrogens with one attached hydrogen (secondary N) is 1. The van der Waals surface area contributed by atoms with E-state index in [0.717, 1.165) is 16.8 Å². The van der Waals surface area contributed by atoms with E-state index in [1.165, 1.54) is 6.07 Å². The van der Waals surface area contributed by atoms with Gasteiger partial charge in [-0.3, -0.25) is 14.9 Å². The second-order valence-electron chi connectivity index (χ2n) is 9.64. The number of carbonyl (C=O) groups excluding carboxylic acids is 1. The first-order valence-electron chi connectivity index (χ1n) is 12.7. The number of carbonyl (C=O) groups is 1. The zero-order chi connectivity index (χ0) is 27.4. The van der Waals surface area contributed by atoms with Crippen LogP contribution in [0.1, 0.15) is 42.5 Å². The van der Waals surface area contributed by atoms with E-state index in [4.69, 9.17) is 9.47 Å². The van der Waals surface area contributed by atoms with Crippen LogP contribution in [0.25, 0.3) is 0 Å². The standard InChI is InChI=1S/C31H29N3O5/c1-21(2)23-13-15-24(16-14-23)32-31(35)30(26-17-28-29(39-20-38-28)18-27(26)34(36)37)33(25-11-7-4-8-12-25)19-22-9-5-3-6-10-22/h3-18,21,30H,19-20H2,1-2H3,(H,32,35). The molecule has 1 heterocycles. The Hall–Kier alpha value is -4.85. The lowest BCUT2D eigenvalue weighted by atomic mass is 9.99. The van der Waals surface area contributed by atoms with Crippen LogP contribution in [0.4, 0.5) is 17.1 Å². The molecule has 39 heavy (non-hydrogen) atoms. The fourth-order valence-corrected chi connectivity index (χ4v) is 4.67. The van der Waals surface area contributed by atoms with Crippen molar-refractivity contribution in [2.45, 2.75) is 32.4 Å². The second kappa shape index (κ2) is 11.3. The fourth-order valence-electron chi connectivity index (χ4n) is 4.67. The Labute approximate surface area is 227 Å². The predicted molar refractivity (Wildman–Crippen MR) is 150 cm³/mol. The van der Waals surface area contributed by atoms with Gasteiger partial charge in [0.05, 0.1) is 16.6 Å². The Morgan fingerprint density at radius 1 is 0.923 bits per heavy atom. The Morgan fingerprint density at radius 3 is 2.15 bits per heavy atom. The maximum Gasteiger partial charge on any atom is 0.279 e. The van der Waals surface area contributed by atoms with E-state index in [2.05, 4.69) is 19.2 Å². The van der Waals surface area contributed by atoms with Crippen LogP contribution in [0.2, 0.25) is 0 Å². The molecule has 0 saturated carbocycles. The van der Waals surface area contributed by atoms with Crippen LogP contribution in [-0.2, 0) is 11.3 Å². The van der Waals surface area contributed by atoms with Gasteiger partial charge < -0.3 is 19.7 Å². The van der Waals surface area contributed by atoms with Crippen molar-refractivity contribution in [3.05, 3.63) is 124 Å². The van der Waals surface area contributed by atoms with Gasteiger partial charge >= 0.3 is 0 Å². The Morgan fingerprint density at radius 2 is 1.54 bits per heavy atom. The molecule has 0 bridgehead atoms. The molecule has 1 aliphatic rings. The van der Waals surface area contributed by atoms with Gasteiger partial charge in [-0.05, 0) is 47.4 Å². The molecule has 0 spiro atoms. The van der Waals surface area contributed by atoms with E-state index in [1.54, 1.807) is 6.07 Å². The lowest BCUT2D eigenvalue weighted by Crippen LogP contribution is -2.37. The molecule has 1 aliphatic heterocycles. The highest BCUT2D eigenvalue weighted by Crippen LogP contribution is 2.43. The number of para-hydroxylation sites is 1. The summed E-state index contributed by atoms with van der Waals surface area (Å²) in [6.45, 7) is 4.50. The molecule has 1 atom stereocenters. The minimum Gasteiger partial charge on any atom is -0.454 e. The highest BCUT2D eigenvalue weighted by atomic mass is 16.7. The van der Waals surface area contributed by atoms with Crippen molar-refractivity contribution in [1.82, 2.24) is 0 Å². The fraction of sp³-hybridized carbons (Fsp3) is 0.194. The number of fused-ring (bicyclic) bond motifs is 1. The van der Waals surface area contributed by atoms with Crippen molar-refractivity contribution in [1.29, 1.82) is 0 Å². The molecule has 1 unspecified atom stereocenters. The van der Waals surface area contributed by atoms with Crippen molar-refractivity contribution in [3.8, 4) is 11.5 Å². The molecule has 0 radical (unpaired) electrons. The predicted octanol–water partition coefficient (Wildman–Crippen LogP) is 6.83. The number of rotatable bonds is 9. The van der Waals surface area contributed by atoms with E-state index in [-0.39, 0.29) is 23.8 Å². The number of nitrogens with zero attached hydrogens (tertiary/aromatic N) is 2. The number of nitro benzene ring substituents is 1. The number of amides is 1. The molecule has 5 rings (SSSR count). The maximum atomic E-state index is 14.2. The summed E-state index contributed by atoms with van der Waals surface area (Å²) in [5, 5.41) is 15.3. The summed E-state index contributed by atoms with van der Waals surface area (Å²) in [7, 11) is 0.